The molecule has 7 nitrogen and oxygen atoms in total. The van der Waals surface area contributed by atoms with Crippen molar-refractivity contribution in [1.82, 2.24) is 0 Å². The van der Waals surface area contributed by atoms with Crippen molar-refractivity contribution in [3.63, 3.8) is 0 Å². The summed E-state index contributed by atoms with van der Waals surface area (Å²) in [6.45, 7) is 3.97. The largest absolute Gasteiger partial charge is 0.497 e. The molecule has 156 valence electrons. The molecule has 0 saturated heterocycles. The van der Waals surface area contributed by atoms with Crippen LogP contribution >= 0.6 is 12.2 Å². The highest BCUT2D eigenvalue weighted by atomic mass is 32.1. The van der Waals surface area contributed by atoms with Crippen LogP contribution in [0.1, 0.15) is 20.3 Å². The topological polar surface area (TPSA) is 80.9 Å². The van der Waals surface area contributed by atoms with E-state index in [1.54, 1.807) is 26.4 Å². The van der Waals surface area contributed by atoms with Gasteiger partial charge in [-0.25, -0.2) is 0 Å². The molecule has 1 amide bonds. The Bertz CT molecular complexity index is 854. The number of ether oxygens (including phenoxy) is 3. The van der Waals surface area contributed by atoms with Crippen LogP contribution in [0.2, 0.25) is 0 Å². The smallest absolute Gasteiger partial charge is 0.224 e. The van der Waals surface area contributed by atoms with Crippen LogP contribution in [0.15, 0.2) is 36.4 Å². The van der Waals surface area contributed by atoms with Gasteiger partial charge in [0.15, 0.2) is 5.11 Å². The average molecular weight is 418 g/mol. The fourth-order valence-corrected chi connectivity index (χ4v) is 2.85. The SMILES string of the molecule is COc1ccc(NC(=S)Nc2cc(OC)c(NC(=O)CC(C)C)cc2OC)cc1. The Labute approximate surface area is 176 Å². The molecule has 3 N–H and O–H groups in total. The summed E-state index contributed by atoms with van der Waals surface area (Å²) in [7, 11) is 4.70. The Morgan fingerprint density at radius 2 is 1.45 bits per heavy atom. The summed E-state index contributed by atoms with van der Waals surface area (Å²) in [5, 5.41) is 9.44. The summed E-state index contributed by atoms with van der Waals surface area (Å²) >= 11 is 5.40. The maximum atomic E-state index is 12.1. The Morgan fingerprint density at radius 3 is 1.93 bits per heavy atom. The number of hydrogen-bond donors (Lipinski definition) is 3. The van der Waals surface area contributed by atoms with Crippen LogP contribution in [-0.2, 0) is 4.79 Å². The van der Waals surface area contributed by atoms with Gasteiger partial charge in [0.2, 0.25) is 5.91 Å². The van der Waals surface area contributed by atoms with E-state index in [4.69, 9.17) is 26.4 Å². The summed E-state index contributed by atoms with van der Waals surface area (Å²) in [5.74, 6) is 1.95. The summed E-state index contributed by atoms with van der Waals surface area (Å²) in [4.78, 5) is 12.1. The summed E-state index contributed by atoms with van der Waals surface area (Å²) in [5.41, 5.74) is 1.96. The summed E-state index contributed by atoms with van der Waals surface area (Å²) in [6, 6.07) is 10.8. The molecule has 0 bridgehead atoms. The molecule has 2 aromatic rings. The second-order valence-electron chi connectivity index (χ2n) is 6.71. The molecule has 2 rings (SSSR count). The van der Waals surface area contributed by atoms with Gasteiger partial charge in [-0.1, -0.05) is 13.8 Å². The normalized spacial score (nSPS) is 10.3. The van der Waals surface area contributed by atoms with Gasteiger partial charge in [0.25, 0.3) is 0 Å². The first-order valence-electron chi connectivity index (χ1n) is 9.14. The van der Waals surface area contributed by atoms with Crippen LogP contribution in [0.5, 0.6) is 17.2 Å². The quantitative estimate of drug-likeness (QED) is 0.546. The third-order valence-corrected chi connectivity index (χ3v) is 4.19. The summed E-state index contributed by atoms with van der Waals surface area (Å²) in [6.07, 6.45) is 0.418. The van der Waals surface area contributed by atoms with Gasteiger partial charge >= 0.3 is 0 Å². The predicted molar refractivity (Wildman–Crippen MR) is 120 cm³/mol. The van der Waals surface area contributed by atoms with E-state index < -0.39 is 0 Å². The number of amides is 1. The van der Waals surface area contributed by atoms with Crippen LogP contribution < -0.4 is 30.2 Å². The van der Waals surface area contributed by atoms with Gasteiger partial charge in [0, 0.05) is 24.2 Å². The van der Waals surface area contributed by atoms with Gasteiger partial charge in [0.1, 0.15) is 17.2 Å². The van der Waals surface area contributed by atoms with Crippen LogP contribution in [0, 0.1) is 5.92 Å². The van der Waals surface area contributed by atoms with E-state index in [-0.39, 0.29) is 11.8 Å². The van der Waals surface area contributed by atoms with Gasteiger partial charge in [-0.2, -0.15) is 0 Å². The van der Waals surface area contributed by atoms with E-state index in [1.807, 2.05) is 38.1 Å². The number of hydrogen-bond acceptors (Lipinski definition) is 5. The first-order valence-corrected chi connectivity index (χ1v) is 9.55. The Morgan fingerprint density at radius 1 is 0.897 bits per heavy atom. The molecule has 0 aliphatic heterocycles. The lowest BCUT2D eigenvalue weighted by Gasteiger charge is -2.18. The number of carbonyl (C=O) groups excluding carboxylic acids is 1. The molecule has 2 aromatic carbocycles. The molecule has 0 unspecified atom stereocenters. The standard InChI is InChI=1S/C21H27N3O4S/c1-13(2)10-20(25)23-16-11-19(28-5)17(12-18(16)27-4)24-21(29)22-14-6-8-15(26-3)9-7-14/h6-9,11-13H,10H2,1-5H3,(H,23,25)(H2,22,24,29). The second-order valence-corrected chi connectivity index (χ2v) is 7.11. The number of rotatable bonds is 8. The molecule has 0 aliphatic carbocycles. The van der Waals surface area contributed by atoms with Crippen molar-refractivity contribution < 1.29 is 19.0 Å². The minimum absolute atomic E-state index is 0.0854. The number of benzene rings is 2. The van der Waals surface area contributed by atoms with E-state index in [0.717, 1.165) is 11.4 Å². The van der Waals surface area contributed by atoms with Crippen LogP contribution in [0.25, 0.3) is 0 Å². The van der Waals surface area contributed by atoms with Crippen molar-refractivity contribution in [2.24, 2.45) is 5.92 Å². The van der Waals surface area contributed by atoms with Gasteiger partial charge in [-0.05, 0) is 42.4 Å². The van der Waals surface area contributed by atoms with Crippen molar-refractivity contribution in [3.8, 4) is 17.2 Å². The molecule has 0 aromatic heterocycles. The molecule has 0 heterocycles. The van der Waals surface area contributed by atoms with Crippen LogP contribution in [0.4, 0.5) is 17.1 Å². The van der Waals surface area contributed by atoms with Crippen LogP contribution in [0.3, 0.4) is 0 Å². The molecule has 29 heavy (non-hydrogen) atoms. The van der Waals surface area contributed by atoms with E-state index >= 15 is 0 Å². The van der Waals surface area contributed by atoms with Gasteiger partial charge < -0.3 is 30.2 Å². The second kappa shape index (κ2) is 10.5. The van der Waals surface area contributed by atoms with Crippen molar-refractivity contribution in [1.29, 1.82) is 0 Å². The highest BCUT2D eigenvalue weighted by Gasteiger charge is 2.15. The van der Waals surface area contributed by atoms with Gasteiger partial charge in [0.05, 0.1) is 32.7 Å². The predicted octanol–water partition coefficient (Wildman–Crippen LogP) is 4.51. The minimum atomic E-state index is -0.0854. The molecular weight excluding hydrogens is 390 g/mol. The maximum Gasteiger partial charge on any atom is 0.224 e. The molecule has 0 spiro atoms. The highest BCUT2D eigenvalue weighted by molar-refractivity contribution is 7.80. The number of anilines is 3. The number of thiocarbonyl (C=S) groups is 1. The van der Waals surface area contributed by atoms with E-state index in [1.165, 1.54) is 7.11 Å². The fraction of sp³-hybridized carbons (Fsp3) is 0.333. The Balaban J connectivity index is 2.16. The summed E-state index contributed by atoms with van der Waals surface area (Å²) < 4.78 is 16.0. The number of nitrogens with one attached hydrogen (secondary N) is 3. The van der Waals surface area contributed by atoms with Gasteiger partial charge in [-0.15, -0.1) is 0 Å². The highest BCUT2D eigenvalue weighted by Crippen LogP contribution is 2.36. The van der Waals surface area contributed by atoms with Crippen molar-refractivity contribution in [2.45, 2.75) is 20.3 Å². The minimum Gasteiger partial charge on any atom is -0.497 e. The first-order chi connectivity index (χ1) is 13.9. The Hall–Kier alpha value is -3.00. The zero-order valence-corrected chi connectivity index (χ0v) is 18.1. The third kappa shape index (κ3) is 6.53. The fourth-order valence-electron chi connectivity index (χ4n) is 2.62. The zero-order chi connectivity index (χ0) is 21.4. The lowest BCUT2D eigenvalue weighted by molar-refractivity contribution is -0.116. The van der Waals surface area contributed by atoms with Crippen molar-refractivity contribution >= 4 is 40.3 Å². The lowest BCUT2D eigenvalue weighted by Crippen LogP contribution is -2.20. The zero-order valence-electron chi connectivity index (χ0n) is 17.3. The maximum absolute atomic E-state index is 12.1. The number of carbonyl (C=O) groups is 1. The molecule has 0 aliphatic rings. The lowest BCUT2D eigenvalue weighted by atomic mass is 10.1. The van der Waals surface area contributed by atoms with Crippen molar-refractivity contribution in [2.75, 3.05) is 37.3 Å². The molecule has 0 radical (unpaired) electrons. The van der Waals surface area contributed by atoms with Gasteiger partial charge in [-0.3, -0.25) is 4.79 Å². The molecule has 8 heteroatoms. The van der Waals surface area contributed by atoms with Crippen molar-refractivity contribution in [3.05, 3.63) is 36.4 Å². The third-order valence-electron chi connectivity index (χ3n) is 3.99. The first kappa shape index (κ1) is 22.3. The molecular formula is C21H27N3O4S. The molecule has 0 atom stereocenters. The monoisotopic (exact) mass is 417 g/mol. The molecule has 0 saturated carbocycles. The van der Waals surface area contributed by atoms with E-state index in [2.05, 4.69) is 16.0 Å². The van der Waals surface area contributed by atoms with E-state index in [0.29, 0.717) is 34.4 Å². The molecule has 0 fully saturated rings. The van der Waals surface area contributed by atoms with E-state index in [9.17, 15) is 4.79 Å². The van der Waals surface area contributed by atoms with Crippen LogP contribution in [-0.4, -0.2) is 32.3 Å². The number of methoxy groups -OCH3 is 3. The Kier molecular flexibility index (Phi) is 8.09. The average Bonchev–Trinajstić information content (AvgIpc) is 2.68.